The Kier molecular flexibility index (Phi) is 4.71. The van der Waals surface area contributed by atoms with Gasteiger partial charge < -0.3 is 9.15 Å². The van der Waals surface area contributed by atoms with Crippen LogP contribution in [0.3, 0.4) is 0 Å². The van der Waals surface area contributed by atoms with E-state index in [2.05, 4.69) is 20.9 Å². The number of aromatic nitrogens is 1. The number of ether oxygens (including phenoxy) is 1. The molecule has 1 atom stereocenters. The minimum absolute atomic E-state index is 0.0612. The first kappa shape index (κ1) is 20.0. The number of hydrogen-bond acceptors (Lipinski definition) is 6. The van der Waals surface area contributed by atoms with Gasteiger partial charge in [0.15, 0.2) is 10.6 Å². The van der Waals surface area contributed by atoms with E-state index in [1.54, 1.807) is 30.2 Å². The highest BCUT2D eigenvalue weighted by Crippen LogP contribution is 2.43. The van der Waals surface area contributed by atoms with Gasteiger partial charge in [-0.1, -0.05) is 28.1 Å². The van der Waals surface area contributed by atoms with Crippen molar-refractivity contribution in [2.45, 2.75) is 19.9 Å². The molecule has 0 saturated carbocycles. The van der Waals surface area contributed by atoms with E-state index in [1.807, 2.05) is 38.1 Å². The Bertz CT molecular complexity index is 1390. The minimum Gasteiger partial charge on any atom is -0.497 e. The predicted octanol–water partition coefficient (Wildman–Crippen LogP) is 5.39. The molecule has 1 amide bonds. The van der Waals surface area contributed by atoms with Crippen molar-refractivity contribution in [1.29, 1.82) is 0 Å². The Balaban J connectivity index is 1.80. The second kappa shape index (κ2) is 7.32. The molecule has 0 aliphatic carbocycles. The fraction of sp³-hybridized carbons (Fsp3) is 0.174. The van der Waals surface area contributed by atoms with Gasteiger partial charge in [-0.25, -0.2) is 4.98 Å². The highest BCUT2D eigenvalue weighted by atomic mass is 79.9. The maximum atomic E-state index is 13.6. The molecule has 8 heteroatoms. The molecule has 0 N–H and O–H groups in total. The van der Waals surface area contributed by atoms with Gasteiger partial charge in [0.2, 0.25) is 5.76 Å². The molecule has 5 rings (SSSR count). The molecule has 2 aromatic carbocycles. The fourth-order valence-electron chi connectivity index (χ4n) is 3.80. The largest absolute Gasteiger partial charge is 0.497 e. The van der Waals surface area contributed by atoms with Gasteiger partial charge in [0.1, 0.15) is 11.3 Å². The number of methoxy groups -OCH3 is 1. The average Bonchev–Trinajstić information content (AvgIpc) is 3.25. The number of thiazole rings is 1. The molecule has 156 valence electrons. The van der Waals surface area contributed by atoms with E-state index in [0.29, 0.717) is 27.4 Å². The van der Waals surface area contributed by atoms with Crippen LogP contribution in [0, 0.1) is 13.8 Å². The van der Waals surface area contributed by atoms with E-state index in [1.165, 1.54) is 11.3 Å². The summed E-state index contributed by atoms with van der Waals surface area (Å²) >= 11 is 4.84. The van der Waals surface area contributed by atoms with Crippen molar-refractivity contribution in [3.8, 4) is 5.75 Å². The molecule has 1 aliphatic rings. The molecule has 0 bridgehead atoms. The molecule has 2 aromatic heterocycles. The van der Waals surface area contributed by atoms with Crippen molar-refractivity contribution >= 4 is 49.3 Å². The number of anilines is 1. The lowest BCUT2D eigenvalue weighted by Crippen LogP contribution is -2.29. The van der Waals surface area contributed by atoms with E-state index in [4.69, 9.17) is 9.15 Å². The molecule has 4 aromatic rings. The number of amides is 1. The van der Waals surface area contributed by atoms with E-state index in [0.717, 1.165) is 20.6 Å². The Hall–Kier alpha value is -2.97. The lowest BCUT2D eigenvalue weighted by atomic mass is 9.98. The van der Waals surface area contributed by atoms with Crippen LogP contribution in [0.2, 0.25) is 0 Å². The predicted molar refractivity (Wildman–Crippen MR) is 123 cm³/mol. The zero-order valence-corrected chi connectivity index (χ0v) is 19.3. The molecule has 0 fully saturated rings. The van der Waals surface area contributed by atoms with Crippen molar-refractivity contribution in [1.82, 2.24) is 4.98 Å². The summed E-state index contributed by atoms with van der Waals surface area (Å²) in [4.78, 5) is 34.3. The molecular weight excluding hydrogens is 480 g/mol. The maximum absolute atomic E-state index is 13.6. The molecule has 3 heterocycles. The minimum atomic E-state index is -0.641. The van der Waals surface area contributed by atoms with Crippen molar-refractivity contribution in [2.75, 3.05) is 12.0 Å². The second-order valence-electron chi connectivity index (χ2n) is 7.30. The van der Waals surface area contributed by atoms with Crippen molar-refractivity contribution in [3.63, 3.8) is 0 Å². The molecule has 0 unspecified atom stereocenters. The number of hydrogen-bond donors (Lipinski definition) is 0. The van der Waals surface area contributed by atoms with Crippen molar-refractivity contribution < 1.29 is 13.9 Å². The third-order valence-corrected chi connectivity index (χ3v) is 7.05. The van der Waals surface area contributed by atoms with Crippen LogP contribution in [0.25, 0.3) is 11.0 Å². The van der Waals surface area contributed by atoms with Crippen LogP contribution in [0.4, 0.5) is 5.13 Å². The Labute approximate surface area is 190 Å². The Morgan fingerprint density at radius 3 is 2.52 bits per heavy atom. The third-order valence-electron chi connectivity index (χ3n) is 5.49. The molecule has 0 spiro atoms. The monoisotopic (exact) mass is 496 g/mol. The van der Waals surface area contributed by atoms with Crippen LogP contribution in [0.1, 0.15) is 38.3 Å². The number of halogens is 1. The van der Waals surface area contributed by atoms with Gasteiger partial charge in [-0.05, 0) is 49.7 Å². The summed E-state index contributed by atoms with van der Waals surface area (Å²) in [6.07, 6.45) is 0. The zero-order chi connectivity index (χ0) is 21.9. The van der Waals surface area contributed by atoms with Crippen LogP contribution in [0.15, 0.2) is 56.1 Å². The van der Waals surface area contributed by atoms with E-state index in [9.17, 15) is 9.59 Å². The average molecular weight is 497 g/mol. The first-order valence-electron chi connectivity index (χ1n) is 9.57. The number of carbonyl (C=O) groups is 1. The lowest BCUT2D eigenvalue weighted by Gasteiger charge is -2.22. The van der Waals surface area contributed by atoms with Gasteiger partial charge in [-0.2, -0.15) is 0 Å². The van der Waals surface area contributed by atoms with Crippen molar-refractivity contribution in [3.05, 3.63) is 84.6 Å². The number of fused-ring (bicyclic) bond motifs is 2. The summed E-state index contributed by atoms with van der Waals surface area (Å²) in [7, 11) is 1.59. The smallest absolute Gasteiger partial charge is 0.297 e. The van der Waals surface area contributed by atoms with E-state index >= 15 is 0 Å². The van der Waals surface area contributed by atoms with E-state index < -0.39 is 6.04 Å². The molecular formula is C23H17BrN2O4S. The summed E-state index contributed by atoms with van der Waals surface area (Å²) in [5.41, 5.74) is 2.11. The number of aryl methyl sites for hydroxylation is 2. The SMILES string of the molecule is COc1ccc([C@@H]2c3c(oc4ccc(Br)cc4c3=O)C(=O)N2c2nc(C)c(C)s2)cc1. The summed E-state index contributed by atoms with van der Waals surface area (Å²) in [6.45, 7) is 3.86. The van der Waals surface area contributed by atoms with E-state index in [-0.39, 0.29) is 17.1 Å². The number of benzene rings is 2. The normalized spacial score (nSPS) is 15.5. The lowest BCUT2D eigenvalue weighted by molar-refractivity contribution is 0.0971. The summed E-state index contributed by atoms with van der Waals surface area (Å²) in [5.74, 6) is 0.382. The topological polar surface area (TPSA) is 72.6 Å². The van der Waals surface area contributed by atoms with Gasteiger partial charge in [0, 0.05) is 9.35 Å². The Morgan fingerprint density at radius 1 is 1.13 bits per heavy atom. The van der Waals surface area contributed by atoms with Crippen LogP contribution in [-0.4, -0.2) is 18.0 Å². The summed E-state index contributed by atoms with van der Waals surface area (Å²) in [6, 6.07) is 11.9. The molecule has 0 saturated heterocycles. The fourth-order valence-corrected chi connectivity index (χ4v) is 5.10. The van der Waals surface area contributed by atoms with Crippen molar-refractivity contribution in [2.24, 2.45) is 0 Å². The standard InChI is InChI=1S/C23H17BrN2O4S/c1-11-12(2)31-23(25-11)26-19(13-4-7-15(29-3)8-5-13)18-20(27)16-10-14(24)6-9-17(16)30-21(18)22(26)28/h4-10,19H,1-3H3/t19-/m1/s1. The number of rotatable bonds is 3. The Morgan fingerprint density at radius 2 is 1.87 bits per heavy atom. The van der Waals surface area contributed by atoms with Crippen LogP contribution >= 0.6 is 27.3 Å². The van der Waals surface area contributed by atoms with Gasteiger partial charge in [-0.15, -0.1) is 11.3 Å². The van der Waals surface area contributed by atoms with Gasteiger partial charge >= 0.3 is 0 Å². The molecule has 31 heavy (non-hydrogen) atoms. The van der Waals surface area contributed by atoms with Gasteiger partial charge in [0.05, 0.1) is 29.8 Å². The first-order valence-corrected chi connectivity index (χ1v) is 11.2. The van der Waals surface area contributed by atoms with Gasteiger partial charge in [0.25, 0.3) is 5.91 Å². The van der Waals surface area contributed by atoms with Crippen LogP contribution in [0.5, 0.6) is 5.75 Å². The number of nitrogens with zero attached hydrogens (tertiary/aromatic N) is 2. The summed E-state index contributed by atoms with van der Waals surface area (Å²) in [5, 5.41) is 0.963. The second-order valence-corrected chi connectivity index (χ2v) is 9.40. The molecule has 0 radical (unpaired) electrons. The highest BCUT2D eigenvalue weighted by Gasteiger charge is 2.45. The number of carbonyl (C=O) groups excluding carboxylic acids is 1. The first-order chi connectivity index (χ1) is 14.9. The zero-order valence-electron chi connectivity index (χ0n) is 16.9. The molecule has 6 nitrogen and oxygen atoms in total. The third kappa shape index (κ3) is 3.09. The van der Waals surface area contributed by atoms with Crippen LogP contribution in [-0.2, 0) is 0 Å². The van der Waals surface area contributed by atoms with Crippen LogP contribution < -0.4 is 15.1 Å². The summed E-state index contributed by atoms with van der Waals surface area (Å²) < 4.78 is 12.0. The highest BCUT2D eigenvalue weighted by molar-refractivity contribution is 9.10. The molecule has 1 aliphatic heterocycles. The quantitative estimate of drug-likeness (QED) is 0.380. The maximum Gasteiger partial charge on any atom is 0.297 e. The van der Waals surface area contributed by atoms with Gasteiger partial charge in [-0.3, -0.25) is 14.5 Å².